The molecular weight excluding hydrogens is 511 g/mol. The molecule has 0 unspecified atom stereocenters. The molecule has 2 fully saturated rings. The monoisotopic (exact) mass is 550 g/mol. The van der Waals surface area contributed by atoms with E-state index in [1.165, 1.54) is 6.07 Å². The Morgan fingerprint density at radius 1 is 1.18 bits per heavy atom. The molecule has 2 heterocycles. The number of piperazine rings is 1. The Kier molecular flexibility index (Phi) is 8.10. The van der Waals surface area contributed by atoms with Crippen LogP contribution in [-0.4, -0.2) is 70.5 Å². The summed E-state index contributed by atoms with van der Waals surface area (Å²) < 4.78 is 16.7. The number of hydrogen-bond acceptors (Lipinski definition) is 6. The molecule has 1 saturated carbocycles. The number of aliphatic hydroxyl groups excluding tert-OH is 2. The molecule has 2 aliphatic rings. The lowest BCUT2D eigenvalue weighted by atomic mass is 9.93. The number of carbonyl (C=O) groups is 1. The van der Waals surface area contributed by atoms with E-state index in [1.807, 2.05) is 26.1 Å². The van der Waals surface area contributed by atoms with Crippen molar-refractivity contribution in [3.63, 3.8) is 0 Å². The highest BCUT2D eigenvalue weighted by atomic mass is 19.1. The summed E-state index contributed by atoms with van der Waals surface area (Å²) in [5.41, 5.74) is 2.29. The molecule has 1 atom stereocenters. The van der Waals surface area contributed by atoms with Crippen LogP contribution in [0.2, 0.25) is 0 Å². The third-order valence-corrected chi connectivity index (χ3v) is 8.08. The van der Waals surface area contributed by atoms with Crippen molar-refractivity contribution in [1.29, 1.82) is 0 Å². The van der Waals surface area contributed by atoms with Gasteiger partial charge in [0.1, 0.15) is 5.82 Å². The first-order chi connectivity index (χ1) is 19.1. The molecule has 1 saturated heterocycles. The first kappa shape index (κ1) is 28.4. The highest BCUT2D eigenvalue weighted by molar-refractivity contribution is 5.97. The van der Waals surface area contributed by atoms with Crippen molar-refractivity contribution in [2.24, 2.45) is 5.41 Å². The molecule has 214 valence electrons. The summed E-state index contributed by atoms with van der Waals surface area (Å²) >= 11 is 0. The number of hydrogen-bond donors (Lipinski definition) is 4. The fourth-order valence-electron chi connectivity index (χ4n) is 5.41. The average Bonchev–Trinajstić information content (AvgIpc) is 3.76. The number of nitrogens with zero attached hydrogens (tertiary/aromatic N) is 2. The van der Waals surface area contributed by atoms with Gasteiger partial charge in [-0.25, -0.2) is 4.39 Å². The van der Waals surface area contributed by atoms with Crippen LogP contribution >= 0.6 is 0 Å². The lowest BCUT2D eigenvalue weighted by molar-refractivity contribution is 0.0944. The second-order valence-corrected chi connectivity index (χ2v) is 12.1. The molecule has 8 nitrogen and oxygen atoms in total. The number of benzene rings is 2. The predicted molar refractivity (Wildman–Crippen MR) is 154 cm³/mol. The number of amides is 1. The van der Waals surface area contributed by atoms with Crippen LogP contribution in [0.3, 0.4) is 0 Å². The Morgan fingerprint density at radius 2 is 1.95 bits per heavy atom. The maximum Gasteiger partial charge on any atom is 0.258 e. The van der Waals surface area contributed by atoms with E-state index >= 15 is 4.39 Å². The zero-order valence-electron chi connectivity index (χ0n) is 23.5. The van der Waals surface area contributed by atoms with Gasteiger partial charge in [0.25, 0.3) is 11.5 Å². The maximum atomic E-state index is 15.0. The van der Waals surface area contributed by atoms with Crippen molar-refractivity contribution in [3.8, 4) is 11.1 Å². The molecule has 0 spiro atoms. The molecule has 5 rings (SSSR count). The molecule has 0 bridgehead atoms. The van der Waals surface area contributed by atoms with Crippen molar-refractivity contribution in [3.05, 3.63) is 69.4 Å². The van der Waals surface area contributed by atoms with E-state index in [0.29, 0.717) is 36.1 Å². The third kappa shape index (κ3) is 5.98. The third-order valence-electron chi connectivity index (χ3n) is 8.08. The molecule has 1 aliphatic carbocycles. The van der Waals surface area contributed by atoms with Gasteiger partial charge in [-0.15, -0.1) is 0 Å². The lowest BCUT2D eigenvalue weighted by Crippen LogP contribution is -2.52. The number of rotatable bonds is 9. The largest absolute Gasteiger partial charge is 0.396 e. The Balaban J connectivity index is 1.63. The fraction of sp³-hybridized carbons (Fsp3) is 0.484. The Bertz CT molecular complexity index is 1480. The highest BCUT2D eigenvalue weighted by Gasteiger charge is 2.26. The van der Waals surface area contributed by atoms with Gasteiger partial charge in [0.05, 0.1) is 6.61 Å². The van der Waals surface area contributed by atoms with Gasteiger partial charge < -0.3 is 25.4 Å². The molecule has 2 aromatic carbocycles. The van der Waals surface area contributed by atoms with Gasteiger partial charge in [-0.3, -0.25) is 14.5 Å². The highest BCUT2D eigenvalue weighted by Crippen LogP contribution is 2.31. The van der Waals surface area contributed by atoms with Crippen molar-refractivity contribution in [1.82, 2.24) is 20.1 Å². The molecule has 4 N–H and O–H groups in total. The smallest absolute Gasteiger partial charge is 0.258 e. The van der Waals surface area contributed by atoms with Crippen LogP contribution in [0.1, 0.15) is 48.2 Å². The predicted octanol–water partition coefficient (Wildman–Crippen LogP) is 2.79. The van der Waals surface area contributed by atoms with E-state index in [1.54, 1.807) is 29.7 Å². The molecule has 1 aromatic heterocycles. The van der Waals surface area contributed by atoms with Crippen LogP contribution in [0.15, 0.2) is 41.3 Å². The standard InChI is InChI=1S/C31H39FN4O4/c1-19-26(11-21(12-28(19)32)29(39)34-23-5-6-23)20-4-7-25-27(10-20)22(14-35-9-8-33-13-24(35)16-37)15-36(30(25)40)17-31(2,3)18-38/h4,7,10-12,15,23-24,33,37-38H,5-6,8-9,13-14,16-18H2,1-3H3,(H,34,39)/t24-/m1/s1. The van der Waals surface area contributed by atoms with Crippen LogP contribution in [0.5, 0.6) is 0 Å². The molecule has 1 amide bonds. The number of halogens is 1. The second-order valence-electron chi connectivity index (χ2n) is 12.1. The fourth-order valence-corrected chi connectivity index (χ4v) is 5.41. The SMILES string of the molecule is Cc1c(F)cc(C(=O)NC2CC2)cc1-c1ccc2c(=O)n(CC(C)(C)CO)cc(CN3CCNC[C@@H]3CO)c2c1. The Hall–Kier alpha value is -3.11. The summed E-state index contributed by atoms with van der Waals surface area (Å²) in [7, 11) is 0. The van der Waals surface area contributed by atoms with Crippen LogP contribution in [0.4, 0.5) is 4.39 Å². The van der Waals surface area contributed by atoms with Crippen LogP contribution in [-0.2, 0) is 13.1 Å². The van der Waals surface area contributed by atoms with E-state index in [-0.39, 0.29) is 42.3 Å². The van der Waals surface area contributed by atoms with Gasteiger partial charge >= 0.3 is 0 Å². The molecule has 40 heavy (non-hydrogen) atoms. The summed E-state index contributed by atoms with van der Waals surface area (Å²) in [5.74, 6) is -0.737. The molecule has 3 aromatic rings. The first-order valence-electron chi connectivity index (χ1n) is 14.0. The zero-order chi connectivity index (χ0) is 28.6. The van der Waals surface area contributed by atoms with E-state index in [4.69, 9.17) is 0 Å². The lowest BCUT2D eigenvalue weighted by Gasteiger charge is -2.35. The van der Waals surface area contributed by atoms with E-state index in [2.05, 4.69) is 15.5 Å². The number of fused-ring (bicyclic) bond motifs is 1. The normalized spacial score (nSPS) is 18.3. The number of aliphatic hydroxyl groups is 2. The van der Waals surface area contributed by atoms with Crippen molar-refractivity contribution in [2.45, 2.75) is 58.8 Å². The van der Waals surface area contributed by atoms with Gasteiger partial charge in [-0.1, -0.05) is 19.9 Å². The topological polar surface area (TPSA) is 107 Å². The maximum absolute atomic E-state index is 15.0. The van der Waals surface area contributed by atoms with Crippen LogP contribution in [0, 0.1) is 18.2 Å². The summed E-state index contributed by atoms with van der Waals surface area (Å²) in [5, 5.41) is 27.4. The molecule has 9 heteroatoms. The van der Waals surface area contributed by atoms with Crippen molar-refractivity contribution >= 4 is 16.7 Å². The second kappa shape index (κ2) is 11.4. The van der Waals surface area contributed by atoms with E-state index < -0.39 is 11.2 Å². The molecular formula is C31H39FN4O4. The minimum atomic E-state index is -0.493. The summed E-state index contributed by atoms with van der Waals surface area (Å²) in [6.07, 6.45) is 3.74. The van der Waals surface area contributed by atoms with Gasteiger partial charge in [0.15, 0.2) is 0 Å². The van der Waals surface area contributed by atoms with Crippen molar-refractivity contribution in [2.75, 3.05) is 32.8 Å². The van der Waals surface area contributed by atoms with E-state index in [0.717, 1.165) is 42.4 Å². The Morgan fingerprint density at radius 3 is 2.65 bits per heavy atom. The number of pyridine rings is 1. The quantitative estimate of drug-likeness (QED) is 0.327. The Labute approximate surface area is 233 Å². The summed E-state index contributed by atoms with van der Waals surface area (Å²) in [6.45, 7) is 8.55. The minimum Gasteiger partial charge on any atom is -0.396 e. The number of carbonyl (C=O) groups excluding carboxylic acids is 1. The van der Waals surface area contributed by atoms with Crippen LogP contribution in [0.25, 0.3) is 21.9 Å². The average molecular weight is 551 g/mol. The summed E-state index contributed by atoms with van der Waals surface area (Å²) in [6, 6.07) is 8.60. The van der Waals surface area contributed by atoms with Gasteiger partial charge in [-0.2, -0.15) is 0 Å². The summed E-state index contributed by atoms with van der Waals surface area (Å²) in [4.78, 5) is 28.6. The van der Waals surface area contributed by atoms with Crippen LogP contribution < -0.4 is 16.2 Å². The molecule has 0 radical (unpaired) electrons. The first-order valence-corrected chi connectivity index (χ1v) is 14.0. The van der Waals surface area contributed by atoms with Crippen molar-refractivity contribution < 1.29 is 19.4 Å². The zero-order valence-corrected chi connectivity index (χ0v) is 23.5. The van der Waals surface area contributed by atoms with Gasteiger partial charge in [0, 0.05) is 74.0 Å². The minimum absolute atomic E-state index is 0.0154. The molecule has 1 aliphatic heterocycles. The number of aromatic nitrogens is 1. The number of nitrogens with one attached hydrogen (secondary N) is 2. The van der Waals surface area contributed by atoms with Gasteiger partial charge in [0.2, 0.25) is 0 Å². The van der Waals surface area contributed by atoms with E-state index in [9.17, 15) is 19.8 Å². The van der Waals surface area contributed by atoms with Gasteiger partial charge in [-0.05, 0) is 71.7 Å².